The Morgan fingerprint density at radius 2 is 1.75 bits per heavy atom. The smallest absolute Gasteiger partial charge is 0.385 e. The largest absolute Gasteiger partial charge is 0.531 e. The van der Waals surface area contributed by atoms with Gasteiger partial charge in [0.25, 0.3) is 0 Å². The topological polar surface area (TPSA) is 70.5 Å². The van der Waals surface area contributed by atoms with Gasteiger partial charge in [-0.05, 0) is 20.8 Å². The second-order valence-corrected chi connectivity index (χ2v) is 5.14. The molecular formula is C10H14F3N2O4P. The number of rotatable bonds is 6. The molecule has 0 radical (unpaired) electrons. The van der Waals surface area contributed by atoms with Crippen LogP contribution in [-0.2, 0) is 19.8 Å². The van der Waals surface area contributed by atoms with Crippen LogP contribution in [0, 0.1) is 6.92 Å². The highest BCUT2D eigenvalue weighted by Crippen LogP contribution is 2.49. The van der Waals surface area contributed by atoms with Crippen molar-refractivity contribution < 1.29 is 31.3 Å². The molecule has 0 aromatic carbocycles. The number of phosphoric acid groups is 1. The van der Waals surface area contributed by atoms with E-state index in [0.717, 1.165) is 6.07 Å². The standard InChI is InChI=1S/C10H14F3N2O4P/c1-4-17-20(16,18-5-2)19-8-6-7(3)14-9(15-8)10(11,12)13/h6H,4-5H2,1-3H3. The van der Waals surface area contributed by atoms with Crippen molar-refractivity contribution in [2.24, 2.45) is 0 Å². The number of alkyl halides is 3. The molecule has 0 fully saturated rings. The van der Waals surface area contributed by atoms with Gasteiger partial charge in [-0.2, -0.15) is 18.2 Å². The molecule has 10 heteroatoms. The van der Waals surface area contributed by atoms with E-state index in [0.29, 0.717) is 0 Å². The molecule has 0 atom stereocenters. The Bertz CT molecular complexity index is 500. The van der Waals surface area contributed by atoms with Gasteiger partial charge in [0.05, 0.1) is 13.2 Å². The van der Waals surface area contributed by atoms with Crippen molar-refractivity contribution in [1.82, 2.24) is 9.97 Å². The predicted molar refractivity (Wildman–Crippen MR) is 63.3 cm³/mol. The van der Waals surface area contributed by atoms with Gasteiger partial charge in [-0.3, -0.25) is 9.05 Å². The summed E-state index contributed by atoms with van der Waals surface area (Å²) in [4.78, 5) is 6.40. The van der Waals surface area contributed by atoms with Gasteiger partial charge in [-0.1, -0.05) is 0 Å². The molecule has 0 amide bonds. The van der Waals surface area contributed by atoms with Crippen LogP contribution in [0.2, 0.25) is 0 Å². The zero-order valence-electron chi connectivity index (χ0n) is 11.1. The molecule has 114 valence electrons. The third-order valence-corrected chi connectivity index (χ3v) is 3.42. The number of halogens is 3. The van der Waals surface area contributed by atoms with Crippen LogP contribution in [0.3, 0.4) is 0 Å². The summed E-state index contributed by atoms with van der Waals surface area (Å²) in [6, 6.07) is 1.11. The number of nitrogens with zero attached hydrogens (tertiary/aromatic N) is 2. The molecule has 0 spiro atoms. The first-order chi connectivity index (χ1) is 9.20. The number of aromatic nitrogens is 2. The van der Waals surface area contributed by atoms with E-state index < -0.39 is 25.7 Å². The molecule has 0 aliphatic rings. The maximum absolute atomic E-state index is 12.6. The first kappa shape index (κ1) is 16.9. The van der Waals surface area contributed by atoms with Crippen molar-refractivity contribution >= 4 is 7.82 Å². The van der Waals surface area contributed by atoms with Crippen LogP contribution >= 0.6 is 7.82 Å². The van der Waals surface area contributed by atoms with Crippen molar-refractivity contribution in [1.29, 1.82) is 0 Å². The molecule has 0 unspecified atom stereocenters. The molecule has 0 N–H and O–H groups in total. The summed E-state index contributed by atoms with van der Waals surface area (Å²) < 4.78 is 64.2. The number of aryl methyl sites for hydroxylation is 1. The molecule has 1 rings (SSSR count). The highest BCUT2D eigenvalue weighted by molar-refractivity contribution is 7.48. The quantitative estimate of drug-likeness (QED) is 0.750. The van der Waals surface area contributed by atoms with Crippen molar-refractivity contribution in [3.8, 4) is 5.88 Å². The Kier molecular flexibility index (Phi) is 5.50. The van der Waals surface area contributed by atoms with Crippen LogP contribution in [-0.4, -0.2) is 23.2 Å². The lowest BCUT2D eigenvalue weighted by molar-refractivity contribution is -0.145. The summed E-state index contributed by atoms with van der Waals surface area (Å²) >= 11 is 0. The Balaban J connectivity index is 3.07. The van der Waals surface area contributed by atoms with E-state index in [2.05, 4.69) is 9.97 Å². The molecule has 0 saturated carbocycles. The van der Waals surface area contributed by atoms with Crippen molar-refractivity contribution in [3.05, 3.63) is 17.6 Å². The van der Waals surface area contributed by atoms with Crippen LogP contribution in [0.5, 0.6) is 5.88 Å². The van der Waals surface area contributed by atoms with Crippen LogP contribution in [0.4, 0.5) is 13.2 Å². The second kappa shape index (κ2) is 6.51. The van der Waals surface area contributed by atoms with Crippen molar-refractivity contribution in [2.75, 3.05) is 13.2 Å². The van der Waals surface area contributed by atoms with E-state index in [4.69, 9.17) is 13.6 Å². The maximum atomic E-state index is 12.6. The zero-order valence-corrected chi connectivity index (χ0v) is 12.0. The summed E-state index contributed by atoms with van der Waals surface area (Å²) in [5, 5.41) is 0. The third-order valence-electron chi connectivity index (χ3n) is 1.86. The van der Waals surface area contributed by atoms with E-state index in [9.17, 15) is 17.7 Å². The fourth-order valence-electron chi connectivity index (χ4n) is 1.23. The van der Waals surface area contributed by atoms with Gasteiger partial charge >= 0.3 is 14.0 Å². The Labute approximate surface area is 113 Å². The minimum Gasteiger partial charge on any atom is -0.385 e. The third kappa shape index (κ3) is 4.73. The molecule has 0 aliphatic heterocycles. The molecule has 0 saturated heterocycles. The monoisotopic (exact) mass is 314 g/mol. The van der Waals surface area contributed by atoms with Crippen LogP contribution < -0.4 is 4.52 Å². The second-order valence-electron chi connectivity index (χ2n) is 3.54. The SMILES string of the molecule is CCOP(=O)(OCC)Oc1cc(C)nc(C(F)(F)F)n1. The first-order valence-corrected chi connectivity index (χ1v) is 7.18. The van der Waals surface area contributed by atoms with Gasteiger partial charge in [-0.25, -0.2) is 9.55 Å². The van der Waals surface area contributed by atoms with Gasteiger partial charge < -0.3 is 4.52 Å². The summed E-state index contributed by atoms with van der Waals surface area (Å²) in [5.41, 5.74) is 0.0156. The molecule has 20 heavy (non-hydrogen) atoms. The van der Waals surface area contributed by atoms with Gasteiger partial charge in [-0.15, -0.1) is 0 Å². The van der Waals surface area contributed by atoms with Gasteiger partial charge in [0.1, 0.15) is 0 Å². The lowest BCUT2D eigenvalue weighted by atomic mass is 10.4. The highest BCUT2D eigenvalue weighted by Gasteiger charge is 2.36. The van der Waals surface area contributed by atoms with Crippen molar-refractivity contribution in [2.45, 2.75) is 26.9 Å². The predicted octanol–water partition coefficient (Wildman–Crippen LogP) is 3.36. The highest BCUT2D eigenvalue weighted by atomic mass is 31.2. The summed E-state index contributed by atoms with van der Waals surface area (Å²) in [6.07, 6.45) is -4.73. The number of hydrogen-bond donors (Lipinski definition) is 0. The summed E-state index contributed by atoms with van der Waals surface area (Å²) in [7, 11) is -3.99. The fraction of sp³-hybridized carbons (Fsp3) is 0.600. The first-order valence-electron chi connectivity index (χ1n) is 5.71. The van der Waals surface area contributed by atoms with Crippen LogP contribution in [0.25, 0.3) is 0 Å². The lowest BCUT2D eigenvalue weighted by Gasteiger charge is -2.17. The van der Waals surface area contributed by atoms with Crippen LogP contribution in [0.1, 0.15) is 25.4 Å². The Morgan fingerprint density at radius 3 is 2.20 bits per heavy atom. The zero-order chi connectivity index (χ0) is 15.4. The molecule has 1 aromatic heterocycles. The average molecular weight is 314 g/mol. The normalized spacial score (nSPS) is 12.5. The van der Waals surface area contributed by atoms with E-state index in [1.165, 1.54) is 6.92 Å². The Hall–Kier alpha value is -1.18. The van der Waals surface area contributed by atoms with Gasteiger partial charge in [0.2, 0.25) is 11.7 Å². The van der Waals surface area contributed by atoms with E-state index in [-0.39, 0.29) is 18.9 Å². The average Bonchev–Trinajstić information content (AvgIpc) is 2.26. The minimum atomic E-state index is -4.73. The number of phosphoric ester groups is 1. The summed E-state index contributed by atoms with van der Waals surface area (Å²) in [6.45, 7) is 4.43. The fourth-order valence-corrected chi connectivity index (χ4v) is 2.37. The molecule has 1 heterocycles. The van der Waals surface area contributed by atoms with Crippen LogP contribution in [0.15, 0.2) is 6.07 Å². The van der Waals surface area contributed by atoms with Gasteiger partial charge in [0.15, 0.2) is 0 Å². The molecule has 0 bridgehead atoms. The Morgan fingerprint density at radius 1 is 1.20 bits per heavy atom. The lowest BCUT2D eigenvalue weighted by Crippen LogP contribution is -2.13. The summed E-state index contributed by atoms with van der Waals surface area (Å²) in [5.74, 6) is -1.90. The molecule has 1 aromatic rings. The van der Waals surface area contributed by atoms with Crippen molar-refractivity contribution in [3.63, 3.8) is 0 Å². The maximum Gasteiger partial charge on any atom is 0.531 e. The molecule has 6 nitrogen and oxygen atoms in total. The minimum absolute atomic E-state index is 0.00741. The van der Waals surface area contributed by atoms with E-state index in [1.54, 1.807) is 13.8 Å². The number of hydrogen-bond acceptors (Lipinski definition) is 6. The van der Waals surface area contributed by atoms with E-state index in [1.807, 2.05) is 0 Å². The van der Waals surface area contributed by atoms with E-state index >= 15 is 0 Å². The van der Waals surface area contributed by atoms with Gasteiger partial charge in [0, 0.05) is 11.8 Å². The molecule has 0 aliphatic carbocycles. The molecular weight excluding hydrogens is 300 g/mol.